The number of furan rings is 1. The third-order valence-electron chi connectivity index (χ3n) is 2.70. The predicted octanol–water partition coefficient (Wildman–Crippen LogP) is 2.10. The van der Waals surface area contributed by atoms with Crippen LogP contribution in [-0.4, -0.2) is 31.6 Å². The van der Waals surface area contributed by atoms with Crippen molar-refractivity contribution in [3.63, 3.8) is 0 Å². The molecule has 88 valence electrons. The number of anilines is 1. The minimum Gasteiger partial charge on any atom is -0.437 e. The van der Waals surface area contributed by atoms with Crippen molar-refractivity contribution in [2.75, 3.05) is 24.6 Å². The summed E-state index contributed by atoms with van der Waals surface area (Å²) in [5, 5.41) is 0. The van der Waals surface area contributed by atoms with Crippen LogP contribution in [0.2, 0.25) is 0 Å². The topological polar surface area (TPSA) is 42.7 Å². The molecule has 2 rings (SSSR count). The SMILES string of the molecule is CC(=O)c1ccc(N2CCCOC(C)C2)o1. The van der Waals surface area contributed by atoms with E-state index in [0.717, 1.165) is 32.0 Å². The fourth-order valence-corrected chi connectivity index (χ4v) is 1.88. The van der Waals surface area contributed by atoms with Crippen molar-refractivity contribution in [1.29, 1.82) is 0 Å². The number of ether oxygens (including phenoxy) is 1. The first-order valence-electron chi connectivity index (χ1n) is 5.64. The van der Waals surface area contributed by atoms with Gasteiger partial charge in [-0.1, -0.05) is 0 Å². The van der Waals surface area contributed by atoms with Gasteiger partial charge in [-0.15, -0.1) is 0 Å². The normalized spacial score (nSPS) is 21.9. The van der Waals surface area contributed by atoms with Crippen LogP contribution in [0.4, 0.5) is 5.88 Å². The number of carbonyl (C=O) groups is 1. The quantitative estimate of drug-likeness (QED) is 0.720. The van der Waals surface area contributed by atoms with E-state index in [1.807, 2.05) is 13.0 Å². The Kier molecular flexibility index (Phi) is 3.29. The summed E-state index contributed by atoms with van der Waals surface area (Å²) in [5.41, 5.74) is 0. The van der Waals surface area contributed by atoms with Gasteiger partial charge in [0.2, 0.25) is 0 Å². The van der Waals surface area contributed by atoms with Gasteiger partial charge in [-0.25, -0.2) is 0 Å². The molecule has 1 aliphatic rings. The van der Waals surface area contributed by atoms with Gasteiger partial charge in [-0.05, 0) is 19.4 Å². The van der Waals surface area contributed by atoms with Crippen LogP contribution < -0.4 is 4.90 Å². The summed E-state index contributed by atoms with van der Waals surface area (Å²) < 4.78 is 11.1. The maximum absolute atomic E-state index is 11.1. The Labute approximate surface area is 95.2 Å². The lowest BCUT2D eigenvalue weighted by Gasteiger charge is -2.20. The average Bonchev–Trinajstić information content (AvgIpc) is 2.63. The zero-order valence-electron chi connectivity index (χ0n) is 9.73. The van der Waals surface area contributed by atoms with Crippen molar-refractivity contribution in [3.8, 4) is 0 Å². The van der Waals surface area contributed by atoms with Crippen LogP contribution in [0.25, 0.3) is 0 Å². The Balaban J connectivity index is 2.12. The molecule has 0 bridgehead atoms. The summed E-state index contributed by atoms with van der Waals surface area (Å²) >= 11 is 0. The Morgan fingerprint density at radius 3 is 3.00 bits per heavy atom. The van der Waals surface area contributed by atoms with E-state index in [4.69, 9.17) is 9.15 Å². The molecule has 1 aromatic heterocycles. The molecule has 0 amide bonds. The number of ketones is 1. The van der Waals surface area contributed by atoms with Gasteiger partial charge in [-0.3, -0.25) is 4.79 Å². The molecule has 2 heterocycles. The summed E-state index contributed by atoms with van der Waals surface area (Å²) in [5.74, 6) is 1.15. The molecule has 4 heteroatoms. The second-order valence-corrected chi connectivity index (χ2v) is 4.18. The summed E-state index contributed by atoms with van der Waals surface area (Å²) in [6.45, 7) is 6.07. The molecule has 0 aliphatic carbocycles. The van der Waals surface area contributed by atoms with Crippen molar-refractivity contribution in [1.82, 2.24) is 0 Å². The summed E-state index contributed by atoms with van der Waals surface area (Å²) in [7, 11) is 0. The van der Waals surface area contributed by atoms with Gasteiger partial charge < -0.3 is 14.1 Å². The van der Waals surface area contributed by atoms with Gasteiger partial charge in [-0.2, -0.15) is 0 Å². The molecule has 0 radical (unpaired) electrons. The Morgan fingerprint density at radius 1 is 1.50 bits per heavy atom. The van der Waals surface area contributed by atoms with E-state index < -0.39 is 0 Å². The van der Waals surface area contributed by atoms with Crippen molar-refractivity contribution in [2.45, 2.75) is 26.4 Å². The Morgan fingerprint density at radius 2 is 2.31 bits per heavy atom. The number of nitrogens with zero attached hydrogens (tertiary/aromatic N) is 1. The standard InChI is InChI=1S/C12H17NO3/c1-9-8-13(6-3-7-15-9)12-5-4-11(16-12)10(2)14/h4-5,9H,3,6-8H2,1-2H3. The minimum absolute atomic E-state index is 0.0367. The zero-order valence-corrected chi connectivity index (χ0v) is 9.73. The second-order valence-electron chi connectivity index (χ2n) is 4.18. The summed E-state index contributed by atoms with van der Waals surface area (Å²) in [6, 6.07) is 3.59. The Hall–Kier alpha value is -1.29. The van der Waals surface area contributed by atoms with E-state index in [9.17, 15) is 4.79 Å². The molecule has 1 atom stereocenters. The fourth-order valence-electron chi connectivity index (χ4n) is 1.88. The van der Waals surface area contributed by atoms with Crippen molar-refractivity contribution in [2.24, 2.45) is 0 Å². The van der Waals surface area contributed by atoms with Crippen molar-refractivity contribution >= 4 is 11.7 Å². The molecule has 0 aromatic carbocycles. The van der Waals surface area contributed by atoms with E-state index >= 15 is 0 Å². The monoisotopic (exact) mass is 223 g/mol. The molecule has 1 saturated heterocycles. The summed E-state index contributed by atoms with van der Waals surface area (Å²) in [4.78, 5) is 13.3. The smallest absolute Gasteiger partial charge is 0.196 e. The van der Waals surface area contributed by atoms with Gasteiger partial charge in [0, 0.05) is 32.7 Å². The Bertz CT molecular complexity index is 372. The molecule has 0 saturated carbocycles. The first kappa shape index (κ1) is 11.2. The number of rotatable bonds is 2. The van der Waals surface area contributed by atoms with Crippen molar-refractivity contribution < 1.29 is 13.9 Å². The molecular weight excluding hydrogens is 206 g/mol. The first-order valence-corrected chi connectivity index (χ1v) is 5.64. The number of hydrogen-bond donors (Lipinski definition) is 0. The largest absolute Gasteiger partial charge is 0.437 e. The lowest BCUT2D eigenvalue weighted by atomic mass is 10.3. The molecule has 1 fully saturated rings. The van der Waals surface area contributed by atoms with E-state index in [0.29, 0.717) is 5.76 Å². The highest BCUT2D eigenvalue weighted by Crippen LogP contribution is 2.21. The first-order chi connectivity index (χ1) is 7.66. The van der Waals surface area contributed by atoms with Crippen LogP contribution >= 0.6 is 0 Å². The van der Waals surface area contributed by atoms with Gasteiger partial charge in [0.1, 0.15) is 0 Å². The van der Waals surface area contributed by atoms with Crippen LogP contribution in [0.3, 0.4) is 0 Å². The zero-order chi connectivity index (χ0) is 11.5. The third-order valence-corrected chi connectivity index (χ3v) is 2.70. The van der Waals surface area contributed by atoms with Crippen LogP contribution in [-0.2, 0) is 4.74 Å². The number of Topliss-reactive ketones (excluding diaryl/α,β-unsaturated/α-hetero) is 1. The average molecular weight is 223 g/mol. The number of carbonyl (C=O) groups excluding carboxylic acids is 1. The molecule has 4 nitrogen and oxygen atoms in total. The highest BCUT2D eigenvalue weighted by Gasteiger charge is 2.18. The molecule has 0 N–H and O–H groups in total. The van der Waals surface area contributed by atoms with E-state index in [1.165, 1.54) is 6.92 Å². The molecular formula is C12H17NO3. The minimum atomic E-state index is -0.0367. The number of hydrogen-bond acceptors (Lipinski definition) is 4. The van der Waals surface area contributed by atoms with Crippen LogP contribution in [0.5, 0.6) is 0 Å². The summed E-state index contributed by atoms with van der Waals surface area (Å²) in [6.07, 6.45) is 1.19. The van der Waals surface area contributed by atoms with E-state index in [1.54, 1.807) is 6.07 Å². The van der Waals surface area contributed by atoms with E-state index in [-0.39, 0.29) is 11.9 Å². The maximum atomic E-state index is 11.1. The van der Waals surface area contributed by atoms with E-state index in [2.05, 4.69) is 4.90 Å². The molecule has 1 aliphatic heterocycles. The van der Waals surface area contributed by atoms with Gasteiger partial charge in [0.15, 0.2) is 17.4 Å². The fraction of sp³-hybridized carbons (Fsp3) is 0.583. The molecule has 0 spiro atoms. The van der Waals surface area contributed by atoms with Crippen LogP contribution in [0, 0.1) is 0 Å². The molecule has 16 heavy (non-hydrogen) atoms. The second kappa shape index (κ2) is 4.70. The highest BCUT2D eigenvalue weighted by molar-refractivity contribution is 5.91. The molecule has 1 aromatic rings. The molecule has 1 unspecified atom stereocenters. The van der Waals surface area contributed by atoms with Gasteiger partial charge >= 0.3 is 0 Å². The lowest BCUT2D eigenvalue weighted by Crippen LogP contribution is -2.29. The third kappa shape index (κ3) is 2.44. The maximum Gasteiger partial charge on any atom is 0.196 e. The van der Waals surface area contributed by atoms with Crippen LogP contribution in [0.1, 0.15) is 30.8 Å². The van der Waals surface area contributed by atoms with Crippen LogP contribution in [0.15, 0.2) is 16.5 Å². The lowest BCUT2D eigenvalue weighted by molar-refractivity contribution is 0.0818. The predicted molar refractivity (Wildman–Crippen MR) is 61.0 cm³/mol. The van der Waals surface area contributed by atoms with Gasteiger partial charge in [0.25, 0.3) is 0 Å². The van der Waals surface area contributed by atoms with Crippen molar-refractivity contribution in [3.05, 3.63) is 17.9 Å². The van der Waals surface area contributed by atoms with Gasteiger partial charge in [0.05, 0.1) is 6.10 Å². The highest BCUT2D eigenvalue weighted by atomic mass is 16.5.